The second kappa shape index (κ2) is 7.02. The Morgan fingerprint density at radius 2 is 1.54 bits per heavy atom. The molecule has 0 aromatic heterocycles. The van der Waals surface area contributed by atoms with Gasteiger partial charge < -0.3 is 15.4 Å². The van der Waals surface area contributed by atoms with Crippen molar-refractivity contribution in [3.05, 3.63) is 29.8 Å². The molecule has 1 aliphatic heterocycles. The molecule has 0 spiro atoms. The molecule has 2 amide bonds. The van der Waals surface area contributed by atoms with E-state index >= 15 is 0 Å². The van der Waals surface area contributed by atoms with Gasteiger partial charge in [0.2, 0.25) is 11.8 Å². The number of ether oxygens (including phenoxy) is 1. The van der Waals surface area contributed by atoms with Crippen molar-refractivity contribution in [2.24, 2.45) is 0 Å². The molecule has 2 N–H and O–H groups in total. The van der Waals surface area contributed by atoms with Crippen molar-refractivity contribution in [2.75, 3.05) is 0 Å². The molecule has 0 radical (unpaired) electrons. The van der Waals surface area contributed by atoms with Crippen LogP contribution in [-0.4, -0.2) is 36.7 Å². The van der Waals surface area contributed by atoms with Gasteiger partial charge in [0.15, 0.2) is 0 Å². The van der Waals surface area contributed by atoms with E-state index in [-0.39, 0.29) is 12.2 Å². The van der Waals surface area contributed by atoms with Crippen molar-refractivity contribution in [3.63, 3.8) is 0 Å². The number of piperazine rings is 1. The van der Waals surface area contributed by atoms with E-state index in [0.29, 0.717) is 5.56 Å². The van der Waals surface area contributed by atoms with Gasteiger partial charge in [0.1, 0.15) is 17.8 Å². The van der Waals surface area contributed by atoms with Gasteiger partial charge in [0.05, 0.1) is 6.42 Å². The Morgan fingerprint density at radius 1 is 1.00 bits per heavy atom. The van der Waals surface area contributed by atoms with Crippen LogP contribution in [0.4, 0.5) is 22.0 Å². The van der Waals surface area contributed by atoms with E-state index in [1.165, 1.54) is 24.3 Å². The van der Waals surface area contributed by atoms with Crippen LogP contribution in [0.25, 0.3) is 0 Å². The highest BCUT2D eigenvalue weighted by Crippen LogP contribution is 2.23. The summed E-state index contributed by atoms with van der Waals surface area (Å²) in [6, 6.07) is 2.66. The van der Waals surface area contributed by atoms with E-state index in [1.54, 1.807) is 0 Å². The monoisotopic (exact) mass is 352 g/mol. The summed E-state index contributed by atoms with van der Waals surface area (Å²) in [4.78, 5) is 23.5. The van der Waals surface area contributed by atoms with Crippen molar-refractivity contribution < 1.29 is 36.3 Å². The van der Waals surface area contributed by atoms with Gasteiger partial charge in [-0.1, -0.05) is 12.1 Å². The van der Waals surface area contributed by atoms with Crippen molar-refractivity contribution in [1.82, 2.24) is 10.6 Å². The van der Waals surface area contributed by atoms with Crippen LogP contribution < -0.4 is 15.4 Å². The zero-order valence-electron chi connectivity index (χ0n) is 12.1. The van der Waals surface area contributed by atoms with Gasteiger partial charge >= 0.3 is 12.8 Å². The number of amides is 2. The number of carbonyl (C=O) groups excluding carboxylic acids is 2. The third-order valence-electron chi connectivity index (χ3n) is 3.29. The average Bonchev–Trinajstić information content (AvgIpc) is 2.44. The maximum atomic E-state index is 12.3. The Bertz CT molecular complexity index is 603. The molecule has 1 aromatic carbocycles. The minimum Gasteiger partial charge on any atom is -0.435 e. The first-order valence-corrected chi connectivity index (χ1v) is 6.85. The summed E-state index contributed by atoms with van der Waals surface area (Å²) in [5.74, 6) is -1.73. The number of rotatable bonds is 5. The van der Waals surface area contributed by atoms with Crippen LogP contribution in [-0.2, 0) is 16.0 Å². The van der Waals surface area contributed by atoms with Crippen molar-refractivity contribution in [1.29, 1.82) is 0 Å². The van der Waals surface area contributed by atoms with Crippen molar-refractivity contribution in [3.8, 4) is 5.75 Å². The molecular weight excluding hydrogens is 339 g/mol. The minimum absolute atomic E-state index is 0.00523. The lowest BCUT2D eigenvalue weighted by atomic mass is 10.0. The maximum Gasteiger partial charge on any atom is 0.391 e. The third-order valence-corrected chi connectivity index (χ3v) is 3.29. The molecule has 1 heterocycles. The van der Waals surface area contributed by atoms with E-state index in [4.69, 9.17) is 0 Å². The summed E-state index contributed by atoms with van der Waals surface area (Å²) in [5, 5.41) is 4.27. The summed E-state index contributed by atoms with van der Waals surface area (Å²) in [5.41, 5.74) is 0.520. The lowest BCUT2D eigenvalue weighted by molar-refractivity contribution is -0.155. The summed E-state index contributed by atoms with van der Waals surface area (Å²) < 4.78 is 65.2. The SMILES string of the molecule is O=C1N[C@H](CC(F)(F)F)C(=O)NC1Cc1ccc(OC(F)F)cc1. The molecule has 0 aliphatic carbocycles. The Hall–Kier alpha value is -2.39. The zero-order valence-corrected chi connectivity index (χ0v) is 12.1. The zero-order chi connectivity index (χ0) is 17.9. The molecule has 2 rings (SSSR count). The van der Waals surface area contributed by atoms with Crippen molar-refractivity contribution >= 4 is 11.8 Å². The molecule has 0 bridgehead atoms. The quantitative estimate of drug-likeness (QED) is 0.794. The number of halogens is 5. The van der Waals surface area contributed by atoms with Gasteiger partial charge in [-0.2, -0.15) is 22.0 Å². The Morgan fingerprint density at radius 3 is 2.08 bits per heavy atom. The van der Waals surface area contributed by atoms with Gasteiger partial charge in [-0.3, -0.25) is 9.59 Å². The van der Waals surface area contributed by atoms with Gasteiger partial charge in [0, 0.05) is 6.42 Å². The molecule has 5 nitrogen and oxygen atoms in total. The van der Waals surface area contributed by atoms with Gasteiger partial charge in [0.25, 0.3) is 0 Å². The second-order valence-corrected chi connectivity index (χ2v) is 5.17. The van der Waals surface area contributed by atoms with Crippen molar-refractivity contribution in [2.45, 2.75) is 37.7 Å². The Kier molecular flexibility index (Phi) is 5.25. The smallest absolute Gasteiger partial charge is 0.391 e. The third kappa shape index (κ3) is 5.07. The van der Waals surface area contributed by atoms with Gasteiger partial charge in [-0.25, -0.2) is 0 Å². The van der Waals surface area contributed by atoms with E-state index in [2.05, 4.69) is 10.1 Å². The van der Waals surface area contributed by atoms with Crippen LogP contribution in [0.1, 0.15) is 12.0 Å². The molecule has 1 aliphatic rings. The van der Waals surface area contributed by atoms with Crippen LogP contribution in [0.2, 0.25) is 0 Å². The van der Waals surface area contributed by atoms with Crippen LogP contribution in [0.15, 0.2) is 24.3 Å². The Balaban J connectivity index is 1.96. The van der Waals surface area contributed by atoms with Gasteiger partial charge in [-0.15, -0.1) is 0 Å². The number of hydrogen-bond acceptors (Lipinski definition) is 3. The first-order chi connectivity index (χ1) is 11.1. The normalized spacial score (nSPS) is 21.4. The molecule has 1 aromatic rings. The maximum absolute atomic E-state index is 12.3. The van der Waals surface area contributed by atoms with Crippen LogP contribution in [0.3, 0.4) is 0 Å². The van der Waals surface area contributed by atoms with E-state index in [9.17, 15) is 31.5 Å². The largest absolute Gasteiger partial charge is 0.435 e. The lowest BCUT2D eigenvalue weighted by Crippen LogP contribution is -2.63. The van der Waals surface area contributed by atoms with E-state index in [0.717, 1.165) is 0 Å². The summed E-state index contributed by atoms with van der Waals surface area (Å²) in [7, 11) is 0. The number of carbonyl (C=O) groups is 2. The second-order valence-electron chi connectivity index (χ2n) is 5.17. The highest BCUT2D eigenvalue weighted by Gasteiger charge is 2.40. The predicted octanol–water partition coefficient (Wildman–Crippen LogP) is 1.77. The van der Waals surface area contributed by atoms with E-state index < -0.39 is 43.1 Å². The molecule has 1 unspecified atom stereocenters. The average molecular weight is 352 g/mol. The molecule has 24 heavy (non-hydrogen) atoms. The number of hydrogen-bond donors (Lipinski definition) is 2. The highest BCUT2D eigenvalue weighted by atomic mass is 19.4. The van der Waals surface area contributed by atoms with Crippen LogP contribution in [0, 0.1) is 0 Å². The number of nitrogens with one attached hydrogen (secondary N) is 2. The van der Waals surface area contributed by atoms with E-state index in [1.807, 2.05) is 5.32 Å². The molecule has 1 fully saturated rings. The molecule has 2 atom stereocenters. The fourth-order valence-corrected chi connectivity index (χ4v) is 2.24. The topological polar surface area (TPSA) is 67.4 Å². The number of alkyl halides is 5. The number of benzene rings is 1. The van der Waals surface area contributed by atoms with Gasteiger partial charge in [-0.05, 0) is 17.7 Å². The standard InChI is InChI=1S/C14H13F5N2O3/c15-13(16)24-8-3-1-7(2-4-8)5-9-11(22)21-10(12(23)20-9)6-14(17,18)19/h1-4,9-10,13H,5-6H2,(H,20,23)(H,21,22)/t9?,10-/m1/s1. The lowest BCUT2D eigenvalue weighted by Gasteiger charge is -2.30. The highest BCUT2D eigenvalue weighted by molar-refractivity contribution is 5.97. The van der Waals surface area contributed by atoms with Crippen LogP contribution in [0.5, 0.6) is 5.75 Å². The fraction of sp³-hybridized carbons (Fsp3) is 0.429. The molecule has 0 saturated carbocycles. The van der Waals surface area contributed by atoms with Crippen LogP contribution >= 0.6 is 0 Å². The first-order valence-electron chi connectivity index (χ1n) is 6.85. The molecule has 132 valence electrons. The first kappa shape index (κ1) is 18.0. The fourth-order valence-electron chi connectivity index (χ4n) is 2.24. The summed E-state index contributed by atoms with van der Waals surface area (Å²) in [6.07, 6.45) is -6.02. The molecular formula is C14H13F5N2O3. The predicted molar refractivity (Wildman–Crippen MR) is 71.3 cm³/mol. The minimum atomic E-state index is -4.58. The summed E-state index contributed by atoms with van der Waals surface area (Å²) in [6.45, 7) is -2.97. The summed E-state index contributed by atoms with van der Waals surface area (Å²) >= 11 is 0. The Labute approximate surface area is 133 Å². The molecule has 1 saturated heterocycles. The molecule has 10 heteroatoms.